The summed E-state index contributed by atoms with van der Waals surface area (Å²) >= 11 is 0. The number of likely N-dealkylation sites (N-methyl/N-ethyl adjacent to an activating group) is 1. The number of nitrogens with zero attached hydrogens (tertiary/aromatic N) is 2. The Morgan fingerprint density at radius 1 is 1.23 bits per heavy atom. The highest BCUT2D eigenvalue weighted by Gasteiger charge is 2.44. The fraction of sp³-hybridized carbons (Fsp3) is 0.579. The number of hydrogen-bond donors (Lipinski definition) is 1. The molecule has 2 aliphatic heterocycles. The molecule has 1 saturated heterocycles. The minimum Gasteiger partial charge on any atom is -0.485 e. The second kappa shape index (κ2) is 6.78. The van der Waals surface area contributed by atoms with E-state index in [1.54, 1.807) is 16.8 Å². The van der Waals surface area contributed by atoms with Crippen molar-refractivity contribution >= 4 is 11.9 Å². The summed E-state index contributed by atoms with van der Waals surface area (Å²) in [4.78, 5) is 28.6. The van der Waals surface area contributed by atoms with Crippen LogP contribution >= 0.6 is 0 Å². The topological polar surface area (TPSA) is 61.9 Å². The van der Waals surface area contributed by atoms with Crippen LogP contribution in [-0.4, -0.2) is 60.1 Å². The van der Waals surface area contributed by atoms with E-state index in [2.05, 4.69) is 5.32 Å². The second-order valence-corrected chi connectivity index (χ2v) is 7.47. The van der Waals surface area contributed by atoms with Crippen LogP contribution in [0.1, 0.15) is 42.5 Å². The average Bonchev–Trinajstić information content (AvgIpc) is 3.02. The first-order valence-electron chi connectivity index (χ1n) is 9.32. The summed E-state index contributed by atoms with van der Waals surface area (Å²) in [5.41, 5.74) is 0.363. The smallest absolute Gasteiger partial charge is 0.317 e. The van der Waals surface area contributed by atoms with Crippen LogP contribution < -0.4 is 10.1 Å². The molecule has 26 heavy (non-hydrogen) atoms. The summed E-state index contributed by atoms with van der Waals surface area (Å²) in [6.45, 7) is 0.804. The lowest BCUT2D eigenvalue weighted by molar-refractivity contribution is 0.0682. The highest BCUT2D eigenvalue weighted by Crippen LogP contribution is 2.31. The van der Waals surface area contributed by atoms with Gasteiger partial charge in [0.05, 0.1) is 18.2 Å². The Morgan fingerprint density at radius 3 is 2.77 bits per heavy atom. The Hall–Kier alpha value is -2.31. The molecule has 7 heteroatoms. The number of benzene rings is 1. The minimum atomic E-state index is -0.442. The van der Waals surface area contributed by atoms with Gasteiger partial charge in [-0.25, -0.2) is 9.18 Å². The van der Waals surface area contributed by atoms with Gasteiger partial charge in [-0.05, 0) is 25.0 Å². The molecule has 2 unspecified atom stereocenters. The number of halogens is 1. The number of carbonyl (C=O) groups is 2. The van der Waals surface area contributed by atoms with E-state index in [-0.39, 0.29) is 35.9 Å². The summed E-state index contributed by atoms with van der Waals surface area (Å²) in [6, 6.07) is 3.85. The van der Waals surface area contributed by atoms with Gasteiger partial charge in [0, 0.05) is 25.7 Å². The van der Waals surface area contributed by atoms with E-state index in [0.29, 0.717) is 18.7 Å². The molecule has 4 rings (SSSR count). The maximum absolute atomic E-state index is 13.6. The van der Waals surface area contributed by atoms with Gasteiger partial charge < -0.3 is 19.9 Å². The van der Waals surface area contributed by atoms with Gasteiger partial charge in [0.2, 0.25) is 0 Å². The molecule has 140 valence electrons. The van der Waals surface area contributed by atoms with Crippen molar-refractivity contribution in [3.05, 3.63) is 29.6 Å². The Labute approximate surface area is 152 Å². The van der Waals surface area contributed by atoms with Crippen LogP contribution in [0.5, 0.6) is 5.75 Å². The number of amides is 3. The third-order valence-corrected chi connectivity index (χ3v) is 5.73. The Bertz CT molecular complexity index is 720. The standard InChI is InChI=1S/C19H24FN3O3/c1-22-15-10-23(19(25)21-13-5-3-2-4-6-13)11-17(15)26-16-9-12(20)7-8-14(16)18(22)24/h7-9,13,15,17H,2-6,10-11H2,1H3,(H,21,25). The van der Waals surface area contributed by atoms with Crippen LogP contribution in [0.3, 0.4) is 0 Å². The van der Waals surface area contributed by atoms with Gasteiger partial charge in [-0.3, -0.25) is 4.79 Å². The number of fused-ring (bicyclic) bond motifs is 2. The lowest BCUT2D eigenvalue weighted by Gasteiger charge is -2.27. The summed E-state index contributed by atoms with van der Waals surface area (Å²) in [5.74, 6) is -0.395. The number of urea groups is 1. The van der Waals surface area contributed by atoms with Gasteiger partial charge in [0.25, 0.3) is 5.91 Å². The minimum absolute atomic E-state index is 0.103. The number of likely N-dealkylation sites (tertiary alicyclic amines) is 1. The van der Waals surface area contributed by atoms with Crippen LogP contribution in [0.15, 0.2) is 18.2 Å². The highest BCUT2D eigenvalue weighted by atomic mass is 19.1. The molecular formula is C19H24FN3O3. The van der Waals surface area contributed by atoms with Crippen molar-refractivity contribution < 1.29 is 18.7 Å². The zero-order valence-electron chi connectivity index (χ0n) is 14.9. The summed E-state index contributed by atoms with van der Waals surface area (Å²) in [5, 5.41) is 3.11. The molecule has 0 radical (unpaired) electrons. The van der Waals surface area contributed by atoms with Crippen molar-refractivity contribution in [2.75, 3.05) is 20.1 Å². The molecule has 1 N–H and O–H groups in total. The molecule has 1 aliphatic carbocycles. The molecular weight excluding hydrogens is 337 g/mol. The quantitative estimate of drug-likeness (QED) is 0.835. The molecule has 0 spiro atoms. The largest absolute Gasteiger partial charge is 0.485 e. The molecule has 6 nitrogen and oxygen atoms in total. The monoisotopic (exact) mass is 361 g/mol. The van der Waals surface area contributed by atoms with E-state index in [0.717, 1.165) is 25.7 Å². The molecule has 0 aromatic heterocycles. The van der Waals surface area contributed by atoms with Gasteiger partial charge in [-0.15, -0.1) is 0 Å². The Morgan fingerprint density at radius 2 is 2.00 bits per heavy atom. The van der Waals surface area contributed by atoms with E-state index >= 15 is 0 Å². The molecule has 2 heterocycles. The van der Waals surface area contributed by atoms with Crippen LogP contribution in [0.2, 0.25) is 0 Å². The van der Waals surface area contributed by atoms with Gasteiger partial charge in [0.15, 0.2) is 0 Å². The van der Waals surface area contributed by atoms with Crippen molar-refractivity contribution in [2.45, 2.75) is 50.3 Å². The van der Waals surface area contributed by atoms with E-state index in [1.165, 1.54) is 24.6 Å². The van der Waals surface area contributed by atoms with E-state index in [4.69, 9.17) is 4.74 Å². The fourth-order valence-electron chi connectivity index (χ4n) is 4.20. The third kappa shape index (κ3) is 3.10. The molecule has 3 aliphatic rings. The average molecular weight is 361 g/mol. The van der Waals surface area contributed by atoms with Gasteiger partial charge >= 0.3 is 6.03 Å². The van der Waals surface area contributed by atoms with Crippen molar-refractivity contribution in [1.82, 2.24) is 15.1 Å². The lowest BCUT2D eigenvalue weighted by atomic mass is 9.96. The predicted octanol–water partition coefficient (Wildman–Crippen LogP) is 2.39. The Balaban J connectivity index is 1.49. The molecule has 3 amide bonds. The van der Waals surface area contributed by atoms with Gasteiger partial charge in [0.1, 0.15) is 17.7 Å². The van der Waals surface area contributed by atoms with Crippen LogP contribution in [0.25, 0.3) is 0 Å². The van der Waals surface area contributed by atoms with Crippen molar-refractivity contribution in [2.24, 2.45) is 0 Å². The van der Waals surface area contributed by atoms with Crippen LogP contribution in [-0.2, 0) is 0 Å². The first kappa shape index (κ1) is 17.1. The zero-order valence-corrected chi connectivity index (χ0v) is 14.9. The molecule has 1 aromatic rings. The molecule has 2 fully saturated rings. The Kier molecular flexibility index (Phi) is 4.46. The summed E-state index contributed by atoms with van der Waals surface area (Å²) in [6.07, 6.45) is 5.22. The fourth-order valence-corrected chi connectivity index (χ4v) is 4.20. The maximum Gasteiger partial charge on any atom is 0.317 e. The third-order valence-electron chi connectivity index (χ3n) is 5.73. The van der Waals surface area contributed by atoms with Gasteiger partial charge in [-0.1, -0.05) is 19.3 Å². The molecule has 0 bridgehead atoms. The van der Waals surface area contributed by atoms with Crippen molar-refractivity contribution in [3.8, 4) is 5.75 Å². The number of carbonyl (C=O) groups excluding carboxylic acids is 2. The normalized spacial score (nSPS) is 26.0. The molecule has 1 aromatic carbocycles. The van der Waals surface area contributed by atoms with Crippen molar-refractivity contribution in [3.63, 3.8) is 0 Å². The highest BCUT2D eigenvalue weighted by molar-refractivity contribution is 5.97. The number of rotatable bonds is 1. The molecule has 2 atom stereocenters. The number of nitrogens with one attached hydrogen (secondary N) is 1. The second-order valence-electron chi connectivity index (χ2n) is 7.47. The van der Waals surface area contributed by atoms with Gasteiger partial charge in [-0.2, -0.15) is 0 Å². The number of ether oxygens (including phenoxy) is 1. The zero-order chi connectivity index (χ0) is 18.3. The van der Waals surface area contributed by atoms with Crippen LogP contribution in [0, 0.1) is 5.82 Å². The van der Waals surface area contributed by atoms with E-state index in [1.807, 2.05) is 0 Å². The van der Waals surface area contributed by atoms with Crippen molar-refractivity contribution in [1.29, 1.82) is 0 Å². The summed E-state index contributed by atoms with van der Waals surface area (Å²) < 4.78 is 19.5. The number of hydrogen-bond acceptors (Lipinski definition) is 3. The maximum atomic E-state index is 13.6. The summed E-state index contributed by atoms with van der Waals surface area (Å²) in [7, 11) is 1.71. The van der Waals surface area contributed by atoms with Crippen LogP contribution in [0.4, 0.5) is 9.18 Å². The first-order chi connectivity index (χ1) is 12.5. The predicted molar refractivity (Wildman–Crippen MR) is 93.7 cm³/mol. The SMILES string of the molecule is CN1C(=O)c2ccc(F)cc2OC2CN(C(=O)NC3CCCCC3)CC21. The van der Waals surface area contributed by atoms with E-state index in [9.17, 15) is 14.0 Å². The van der Waals surface area contributed by atoms with E-state index < -0.39 is 5.82 Å². The first-order valence-corrected chi connectivity index (χ1v) is 9.32. The molecule has 1 saturated carbocycles. The lowest BCUT2D eigenvalue weighted by Crippen LogP contribution is -2.46.